The van der Waals surface area contributed by atoms with Crippen LogP contribution in [0.3, 0.4) is 0 Å². The zero-order valence-electron chi connectivity index (χ0n) is 45.1. The summed E-state index contributed by atoms with van der Waals surface area (Å²) in [5, 5.41) is -1.34. The molecule has 1 heteroatoms. The van der Waals surface area contributed by atoms with E-state index < -0.39 is 144 Å². The van der Waals surface area contributed by atoms with Crippen LogP contribution in [0.4, 0.5) is 0 Å². The molecule has 220 valence electrons. The Morgan fingerprint density at radius 2 is 0.851 bits per heavy atom. The zero-order valence-corrected chi connectivity index (χ0v) is 24.1. The summed E-state index contributed by atoms with van der Waals surface area (Å²) in [7, 11) is 0. The largest absolute Gasteiger partial charge is 0.455 e. The van der Waals surface area contributed by atoms with Crippen molar-refractivity contribution in [3.05, 3.63) is 181 Å². The Kier molecular flexibility index (Phi) is 3.20. The van der Waals surface area contributed by atoms with Crippen LogP contribution in [-0.4, -0.2) is 0 Å². The van der Waals surface area contributed by atoms with E-state index in [9.17, 15) is 9.60 Å². The first-order valence-corrected chi connectivity index (χ1v) is 14.4. The van der Waals surface area contributed by atoms with Gasteiger partial charge in [-0.25, -0.2) is 0 Å². The second-order valence-corrected chi connectivity index (χ2v) is 10.5. The van der Waals surface area contributed by atoms with Crippen molar-refractivity contribution < 1.29 is 33.2 Å². The Hall–Kier alpha value is -6.18. The smallest absolute Gasteiger partial charge is 0.143 e. The van der Waals surface area contributed by atoms with Gasteiger partial charge in [0.1, 0.15) is 11.3 Å². The maximum atomic E-state index is 9.64. The molecular formula is C46H30O. The van der Waals surface area contributed by atoms with Gasteiger partial charge in [-0.3, -0.25) is 0 Å². The van der Waals surface area contributed by atoms with Gasteiger partial charge in [0.2, 0.25) is 0 Å². The van der Waals surface area contributed by atoms with Crippen molar-refractivity contribution in [2.24, 2.45) is 0 Å². The Labute approximate surface area is 303 Å². The van der Waals surface area contributed by atoms with E-state index in [0.717, 1.165) is 0 Å². The molecule has 0 unspecified atom stereocenters. The highest BCUT2D eigenvalue weighted by Gasteiger charge is 2.24. The lowest BCUT2D eigenvalue weighted by molar-refractivity contribution is 0.632. The van der Waals surface area contributed by atoms with Crippen LogP contribution in [-0.2, 0) is 0 Å². The summed E-state index contributed by atoms with van der Waals surface area (Å²) in [6.07, 6.45) is 0. The van der Waals surface area contributed by atoms with Crippen LogP contribution in [0.2, 0.25) is 0 Å². The molecule has 47 heavy (non-hydrogen) atoms. The Morgan fingerprint density at radius 1 is 0.340 bits per heavy atom. The summed E-state index contributed by atoms with van der Waals surface area (Å²) < 4.78 is 192. The summed E-state index contributed by atoms with van der Waals surface area (Å²) in [6, 6.07) is -0.627. The molecule has 1 heterocycles. The fraction of sp³-hybridized carbons (Fsp3) is 0. The van der Waals surface area contributed by atoms with Gasteiger partial charge >= 0.3 is 0 Å². The molecule has 1 nitrogen and oxygen atoms in total. The van der Waals surface area contributed by atoms with Crippen LogP contribution >= 0.6 is 0 Å². The standard InChI is InChI=1S/C46H30O/c1-4-14-31(15-5-1)33-24-26-35(27-25-33)46-45(41-29-28-36(30-42(41)47-46)32-16-6-2-7-17-32)44-39-22-12-10-20-37(39)43(34-18-8-3-9-19-34)38-21-11-13-23-40(38)44/h1-30H/i1D,2D,4D,5D,6D,7D,10D,11D,12D,13D,14D,15D,16D,17D,20D,21D,22D,23D,28D,29D,30D. The van der Waals surface area contributed by atoms with Gasteiger partial charge in [-0.15, -0.1) is 0 Å². The first kappa shape index (κ1) is 13.3. The average Bonchev–Trinajstić information content (AvgIpc) is 3.74. The van der Waals surface area contributed by atoms with E-state index in [2.05, 4.69) is 0 Å². The Bertz CT molecular complexity index is 3590. The fourth-order valence-corrected chi connectivity index (χ4v) is 5.80. The molecule has 0 saturated heterocycles. The minimum absolute atomic E-state index is 0.0209. The van der Waals surface area contributed by atoms with Gasteiger partial charge in [0, 0.05) is 22.1 Å². The van der Waals surface area contributed by atoms with E-state index in [1.165, 1.54) is 24.3 Å². The van der Waals surface area contributed by atoms with E-state index in [4.69, 9.17) is 23.6 Å². The SMILES string of the molecule is [2H]c1c([2H])c([2H])c(-c2ccc(-c3oc4c([2H])c(-c5c([2H])c([2H])c([2H])c([2H])c5[2H])c([2H])c([2H])c4c3-c3c4c([2H])c([2H])c([2H])c([2H])c4c(-c4ccccc4)c4c([2H])c([2H])c([2H])c([2H])c34)cc2)c([2H])c1[2H]. The highest BCUT2D eigenvalue weighted by Crippen LogP contribution is 2.50. The molecule has 8 aromatic carbocycles. The molecule has 9 rings (SSSR count). The van der Waals surface area contributed by atoms with Crippen molar-refractivity contribution in [2.75, 3.05) is 0 Å². The number of hydrogen-bond acceptors (Lipinski definition) is 1. The minimum Gasteiger partial charge on any atom is -0.455 e. The molecule has 0 N–H and O–H groups in total. The Morgan fingerprint density at radius 3 is 1.45 bits per heavy atom. The van der Waals surface area contributed by atoms with E-state index in [1.54, 1.807) is 30.3 Å². The Balaban J connectivity index is 1.55. The van der Waals surface area contributed by atoms with Gasteiger partial charge in [-0.2, -0.15) is 0 Å². The van der Waals surface area contributed by atoms with Crippen molar-refractivity contribution in [1.29, 1.82) is 0 Å². The molecule has 0 aliphatic heterocycles. The summed E-state index contributed by atoms with van der Waals surface area (Å²) in [4.78, 5) is 0. The highest BCUT2D eigenvalue weighted by molar-refractivity contribution is 6.25. The molecule has 0 spiro atoms. The van der Waals surface area contributed by atoms with Gasteiger partial charge in [-0.1, -0.05) is 169 Å². The molecule has 0 saturated carbocycles. The van der Waals surface area contributed by atoms with Crippen LogP contribution in [0.5, 0.6) is 0 Å². The second kappa shape index (κ2) is 11.3. The van der Waals surface area contributed by atoms with E-state index in [-0.39, 0.29) is 66.1 Å². The van der Waals surface area contributed by atoms with Gasteiger partial charge in [-0.05, 0) is 67.0 Å². The number of fused-ring (bicyclic) bond motifs is 3. The molecule has 0 radical (unpaired) electrons. The molecule has 0 amide bonds. The molecule has 0 aliphatic carbocycles. The molecular weight excluding hydrogens is 569 g/mol. The van der Waals surface area contributed by atoms with Crippen molar-refractivity contribution in [2.45, 2.75) is 0 Å². The van der Waals surface area contributed by atoms with Crippen molar-refractivity contribution in [3.8, 4) is 55.8 Å². The van der Waals surface area contributed by atoms with E-state index in [0.29, 0.717) is 5.56 Å². The monoisotopic (exact) mass is 619 g/mol. The lowest BCUT2D eigenvalue weighted by Gasteiger charge is -2.18. The number of benzene rings is 8. The molecule has 9 aromatic rings. The predicted molar refractivity (Wildman–Crippen MR) is 198 cm³/mol. The van der Waals surface area contributed by atoms with E-state index >= 15 is 0 Å². The first-order chi connectivity index (χ1) is 32.1. The van der Waals surface area contributed by atoms with Crippen LogP contribution in [0, 0.1) is 0 Å². The third-order valence-electron chi connectivity index (χ3n) is 7.83. The van der Waals surface area contributed by atoms with Crippen LogP contribution in [0.25, 0.3) is 88.3 Å². The molecule has 0 bridgehead atoms. The summed E-state index contributed by atoms with van der Waals surface area (Å²) in [6.45, 7) is 0. The van der Waals surface area contributed by atoms with Gasteiger partial charge in [0.25, 0.3) is 0 Å². The number of furan rings is 1. The quantitative estimate of drug-likeness (QED) is 0.175. The summed E-state index contributed by atoms with van der Waals surface area (Å²) in [5.74, 6) is -0.290. The minimum atomic E-state index is -0.815. The van der Waals surface area contributed by atoms with Crippen LogP contribution < -0.4 is 0 Å². The van der Waals surface area contributed by atoms with Gasteiger partial charge < -0.3 is 4.42 Å². The maximum Gasteiger partial charge on any atom is 0.143 e. The molecule has 1 aromatic heterocycles. The van der Waals surface area contributed by atoms with Gasteiger partial charge in [0.15, 0.2) is 0 Å². The third kappa shape index (κ3) is 4.64. The molecule has 0 fully saturated rings. The normalized spacial score (nSPS) is 17.7. The molecule has 0 aliphatic rings. The van der Waals surface area contributed by atoms with Crippen molar-refractivity contribution >= 4 is 32.5 Å². The summed E-state index contributed by atoms with van der Waals surface area (Å²) >= 11 is 0. The summed E-state index contributed by atoms with van der Waals surface area (Å²) in [5.41, 5.74) is -1.87. The van der Waals surface area contributed by atoms with Crippen LogP contribution in [0.15, 0.2) is 186 Å². The average molecular weight is 620 g/mol. The highest BCUT2D eigenvalue weighted by atomic mass is 16.3. The maximum absolute atomic E-state index is 9.64. The van der Waals surface area contributed by atoms with Crippen LogP contribution in [0.1, 0.15) is 28.8 Å². The third-order valence-corrected chi connectivity index (χ3v) is 7.83. The van der Waals surface area contributed by atoms with Crippen molar-refractivity contribution in [1.82, 2.24) is 0 Å². The van der Waals surface area contributed by atoms with Crippen molar-refractivity contribution in [3.63, 3.8) is 0 Å². The van der Waals surface area contributed by atoms with Gasteiger partial charge in [0.05, 0.1) is 28.8 Å². The fourth-order valence-electron chi connectivity index (χ4n) is 5.80. The lowest BCUT2D eigenvalue weighted by Crippen LogP contribution is -1.91. The predicted octanol–water partition coefficient (Wildman–Crippen LogP) is 13.1. The number of rotatable bonds is 5. The first-order valence-electron chi connectivity index (χ1n) is 24.9. The number of hydrogen-bond donors (Lipinski definition) is 0. The second-order valence-electron chi connectivity index (χ2n) is 10.5. The lowest BCUT2D eigenvalue weighted by atomic mass is 9.84. The topological polar surface area (TPSA) is 13.1 Å². The van der Waals surface area contributed by atoms with E-state index in [1.807, 2.05) is 0 Å². The molecule has 0 atom stereocenters. The zero-order chi connectivity index (χ0) is 49.4.